The number of nitrogens with zero attached hydrogens (tertiary/aromatic N) is 1. The minimum Gasteiger partial charge on any atom is -0.326 e. The molecule has 0 aromatic heterocycles. The zero-order valence-corrected chi connectivity index (χ0v) is 11.8. The summed E-state index contributed by atoms with van der Waals surface area (Å²) in [4.78, 5) is 14.9. The second kappa shape index (κ2) is 4.59. The van der Waals surface area contributed by atoms with Gasteiger partial charge in [-0.25, -0.2) is 0 Å². The van der Waals surface area contributed by atoms with Gasteiger partial charge in [-0.2, -0.15) is 0 Å². The van der Waals surface area contributed by atoms with Crippen LogP contribution in [0, 0.1) is 17.8 Å². The highest BCUT2D eigenvalue weighted by Gasteiger charge is 2.45. The van der Waals surface area contributed by atoms with Gasteiger partial charge in [0.25, 0.3) is 0 Å². The molecule has 2 fully saturated rings. The SMILES string of the molecule is NC1Cc2ccccc2N(C(=O)C2CC3CCC2C3)C1. The molecular weight excluding hydrogens is 248 g/mol. The van der Waals surface area contributed by atoms with Crippen molar-refractivity contribution >= 4 is 11.6 Å². The predicted octanol–water partition coefficient (Wildman–Crippen LogP) is 2.34. The smallest absolute Gasteiger partial charge is 0.230 e. The van der Waals surface area contributed by atoms with E-state index in [1.165, 1.54) is 24.8 Å². The number of carbonyl (C=O) groups is 1. The van der Waals surface area contributed by atoms with Crippen LogP contribution in [0.2, 0.25) is 0 Å². The van der Waals surface area contributed by atoms with E-state index in [1.807, 2.05) is 17.0 Å². The Kier molecular flexibility index (Phi) is 2.84. The van der Waals surface area contributed by atoms with Crippen molar-refractivity contribution in [3.05, 3.63) is 29.8 Å². The van der Waals surface area contributed by atoms with Crippen LogP contribution in [0.25, 0.3) is 0 Å². The number of benzene rings is 1. The summed E-state index contributed by atoms with van der Waals surface area (Å²) in [6.07, 6.45) is 5.86. The molecule has 2 saturated carbocycles. The van der Waals surface area contributed by atoms with Crippen LogP contribution in [0.3, 0.4) is 0 Å². The second-order valence-electron chi connectivity index (χ2n) is 6.82. The third kappa shape index (κ3) is 1.87. The summed E-state index contributed by atoms with van der Waals surface area (Å²) in [6.45, 7) is 0.684. The van der Waals surface area contributed by atoms with Crippen molar-refractivity contribution in [2.75, 3.05) is 11.4 Å². The van der Waals surface area contributed by atoms with E-state index >= 15 is 0 Å². The summed E-state index contributed by atoms with van der Waals surface area (Å²) in [5, 5.41) is 0. The van der Waals surface area contributed by atoms with Crippen LogP contribution in [0.1, 0.15) is 31.2 Å². The summed E-state index contributed by atoms with van der Waals surface area (Å²) >= 11 is 0. The van der Waals surface area contributed by atoms with Crippen molar-refractivity contribution in [1.82, 2.24) is 0 Å². The molecule has 3 nitrogen and oxygen atoms in total. The van der Waals surface area contributed by atoms with Gasteiger partial charge in [-0.3, -0.25) is 4.79 Å². The molecule has 0 saturated heterocycles. The molecule has 20 heavy (non-hydrogen) atoms. The largest absolute Gasteiger partial charge is 0.326 e. The molecule has 2 aliphatic carbocycles. The second-order valence-corrected chi connectivity index (χ2v) is 6.82. The molecule has 0 spiro atoms. The van der Waals surface area contributed by atoms with Gasteiger partial charge < -0.3 is 10.6 Å². The van der Waals surface area contributed by atoms with Crippen molar-refractivity contribution in [2.24, 2.45) is 23.5 Å². The van der Waals surface area contributed by atoms with E-state index in [0.29, 0.717) is 18.4 Å². The normalized spacial score (nSPS) is 35.1. The van der Waals surface area contributed by atoms with Crippen molar-refractivity contribution in [3.8, 4) is 0 Å². The van der Waals surface area contributed by atoms with E-state index in [9.17, 15) is 4.79 Å². The zero-order valence-electron chi connectivity index (χ0n) is 11.8. The number of fused-ring (bicyclic) bond motifs is 3. The first-order chi connectivity index (χ1) is 9.72. The molecule has 1 heterocycles. The lowest BCUT2D eigenvalue weighted by Gasteiger charge is -2.36. The minimum atomic E-state index is 0.0763. The fraction of sp³-hybridized carbons (Fsp3) is 0.588. The fourth-order valence-electron chi connectivity index (χ4n) is 4.58. The van der Waals surface area contributed by atoms with Gasteiger partial charge >= 0.3 is 0 Å². The lowest BCUT2D eigenvalue weighted by Crippen LogP contribution is -2.49. The van der Waals surface area contributed by atoms with Crippen LogP contribution < -0.4 is 10.6 Å². The third-order valence-electron chi connectivity index (χ3n) is 5.50. The molecule has 2 N–H and O–H groups in total. The third-order valence-corrected chi connectivity index (χ3v) is 5.50. The quantitative estimate of drug-likeness (QED) is 0.851. The molecule has 1 aromatic carbocycles. The van der Waals surface area contributed by atoms with Crippen LogP contribution in [0.15, 0.2) is 24.3 Å². The summed E-state index contributed by atoms with van der Waals surface area (Å²) in [6, 6.07) is 8.32. The molecule has 4 unspecified atom stereocenters. The van der Waals surface area contributed by atoms with Crippen molar-refractivity contribution in [1.29, 1.82) is 0 Å². The Morgan fingerprint density at radius 1 is 1.20 bits per heavy atom. The Morgan fingerprint density at radius 2 is 2.05 bits per heavy atom. The molecule has 1 aliphatic heterocycles. The molecule has 3 aliphatic rings. The van der Waals surface area contributed by atoms with E-state index in [1.54, 1.807) is 0 Å². The molecule has 0 radical (unpaired) electrons. The number of rotatable bonds is 1. The monoisotopic (exact) mass is 270 g/mol. The molecule has 106 valence electrons. The number of hydrogen-bond acceptors (Lipinski definition) is 2. The molecule has 4 rings (SSSR count). The first kappa shape index (κ1) is 12.4. The van der Waals surface area contributed by atoms with Crippen LogP contribution in [-0.4, -0.2) is 18.5 Å². The molecule has 2 bridgehead atoms. The summed E-state index contributed by atoms with van der Waals surface area (Å²) < 4.78 is 0. The highest BCUT2D eigenvalue weighted by atomic mass is 16.2. The number of amides is 1. The Labute approximate surface area is 120 Å². The first-order valence-electron chi connectivity index (χ1n) is 7.87. The maximum Gasteiger partial charge on any atom is 0.230 e. The number of anilines is 1. The Hall–Kier alpha value is -1.35. The van der Waals surface area contributed by atoms with Gasteiger partial charge in [0.05, 0.1) is 0 Å². The number of hydrogen-bond donors (Lipinski definition) is 1. The van der Waals surface area contributed by atoms with Gasteiger partial charge in [0.2, 0.25) is 5.91 Å². The van der Waals surface area contributed by atoms with Gasteiger partial charge in [0, 0.05) is 24.2 Å². The van der Waals surface area contributed by atoms with E-state index < -0.39 is 0 Å². The Bertz CT molecular complexity index is 542. The van der Waals surface area contributed by atoms with E-state index in [2.05, 4.69) is 12.1 Å². The average Bonchev–Trinajstić information content (AvgIpc) is 3.08. The molecule has 3 heteroatoms. The lowest BCUT2D eigenvalue weighted by molar-refractivity contribution is -0.124. The molecule has 1 amide bonds. The first-order valence-corrected chi connectivity index (χ1v) is 7.87. The Morgan fingerprint density at radius 3 is 2.80 bits per heavy atom. The van der Waals surface area contributed by atoms with Crippen molar-refractivity contribution < 1.29 is 4.79 Å². The van der Waals surface area contributed by atoms with E-state index in [4.69, 9.17) is 5.73 Å². The molecule has 4 atom stereocenters. The van der Waals surface area contributed by atoms with Crippen molar-refractivity contribution in [2.45, 2.75) is 38.1 Å². The van der Waals surface area contributed by atoms with Crippen LogP contribution in [-0.2, 0) is 11.2 Å². The van der Waals surface area contributed by atoms with Gasteiger partial charge in [0.1, 0.15) is 0 Å². The number of para-hydroxylation sites is 1. The summed E-state index contributed by atoms with van der Waals surface area (Å²) in [7, 11) is 0. The topological polar surface area (TPSA) is 46.3 Å². The lowest BCUT2D eigenvalue weighted by atomic mass is 9.86. The van der Waals surface area contributed by atoms with Crippen LogP contribution in [0.5, 0.6) is 0 Å². The number of nitrogens with two attached hydrogens (primary N) is 1. The van der Waals surface area contributed by atoms with Gasteiger partial charge in [-0.15, -0.1) is 0 Å². The van der Waals surface area contributed by atoms with E-state index in [0.717, 1.165) is 24.4 Å². The highest BCUT2D eigenvalue weighted by Crippen LogP contribution is 2.49. The van der Waals surface area contributed by atoms with Crippen LogP contribution >= 0.6 is 0 Å². The predicted molar refractivity (Wildman–Crippen MR) is 79.4 cm³/mol. The van der Waals surface area contributed by atoms with Gasteiger partial charge in [-0.05, 0) is 49.1 Å². The Balaban J connectivity index is 1.63. The maximum atomic E-state index is 13.0. The molecular formula is C17H22N2O. The van der Waals surface area contributed by atoms with E-state index in [-0.39, 0.29) is 12.0 Å². The van der Waals surface area contributed by atoms with Gasteiger partial charge in [-0.1, -0.05) is 24.6 Å². The summed E-state index contributed by atoms with van der Waals surface area (Å²) in [5.41, 5.74) is 8.48. The number of carbonyl (C=O) groups excluding carboxylic acids is 1. The fourth-order valence-corrected chi connectivity index (χ4v) is 4.58. The van der Waals surface area contributed by atoms with Gasteiger partial charge in [0.15, 0.2) is 0 Å². The highest BCUT2D eigenvalue weighted by molar-refractivity contribution is 5.96. The van der Waals surface area contributed by atoms with Crippen molar-refractivity contribution in [3.63, 3.8) is 0 Å². The zero-order chi connectivity index (χ0) is 13.7. The van der Waals surface area contributed by atoms with Crippen LogP contribution in [0.4, 0.5) is 5.69 Å². The maximum absolute atomic E-state index is 13.0. The standard InChI is InChI=1S/C17H22N2O/c18-14-9-13-3-1-2-4-16(13)19(10-14)17(20)15-8-11-5-6-12(15)7-11/h1-4,11-12,14-15H,5-10,18H2. The molecule has 1 aromatic rings. The average molecular weight is 270 g/mol. The minimum absolute atomic E-state index is 0.0763. The summed E-state index contributed by atoms with van der Waals surface area (Å²) in [5.74, 6) is 2.03.